The molecule has 1 aliphatic rings. The SMILES string of the molecule is Cc1ccn2c(=O)cc(CNCC(c3ccco3)N3CCCCC3)nc2c1. The molecule has 4 heterocycles. The maximum atomic E-state index is 12.3. The van der Waals surface area contributed by atoms with E-state index in [1.807, 2.05) is 31.2 Å². The topological polar surface area (TPSA) is 62.8 Å². The van der Waals surface area contributed by atoms with Crippen LogP contribution in [0, 0.1) is 6.92 Å². The number of piperidine rings is 1. The molecule has 4 rings (SSSR count). The van der Waals surface area contributed by atoms with Gasteiger partial charge in [-0.1, -0.05) is 6.42 Å². The van der Waals surface area contributed by atoms with Gasteiger partial charge in [0, 0.05) is 25.4 Å². The zero-order valence-electron chi connectivity index (χ0n) is 15.7. The number of nitrogens with one attached hydrogen (secondary N) is 1. The number of nitrogens with zero attached hydrogens (tertiary/aromatic N) is 3. The van der Waals surface area contributed by atoms with Crippen molar-refractivity contribution >= 4 is 5.65 Å². The van der Waals surface area contributed by atoms with Crippen molar-refractivity contribution in [2.45, 2.75) is 38.8 Å². The van der Waals surface area contributed by atoms with E-state index < -0.39 is 0 Å². The first-order valence-electron chi connectivity index (χ1n) is 9.68. The van der Waals surface area contributed by atoms with Crippen LogP contribution in [0.3, 0.4) is 0 Å². The van der Waals surface area contributed by atoms with Crippen LogP contribution in [0.25, 0.3) is 5.65 Å². The van der Waals surface area contributed by atoms with Crippen LogP contribution < -0.4 is 10.9 Å². The largest absolute Gasteiger partial charge is 0.468 e. The highest BCUT2D eigenvalue weighted by atomic mass is 16.3. The molecule has 1 N–H and O–H groups in total. The molecule has 1 atom stereocenters. The molecule has 6 nitrogen and oxygen atoms in total. The van der Waals surface area contributed by atoms with E-state index in [1.165, 1.54) is 19.3 Å². The van der Waals surface area contributed by atoms with Gasteiger partial charge in [0.15, 0.2) is 0 Å². The molecule has 1 saturated heterocycles. The predicted molar refractivity (Wildman–Crippen MR) is 105 cm³/mol. The first-order chi connectivity index (χ1) is 13.2. The fourth-order valence-corrected chi connectivity index (χ4v) is 3.80. The third kappa shape index (κ3) is 4.12. The van der Waals surface area contributed by atoms with E-state index in [0.29, 0.717) is 12.2 Å². The van der Waals surface area contributed by atoms with Gasteiger partial charge >= 0.3 is 0 Å². The van der Waals surface area contributed by atoms with E-state index in [4.69, 9.17) is 4.42 Å². The van der Waals surface area contributed by atoms with E-state index in [2.05, 4.69) is 15.2 Å². The lowest BCUT2D eigenvalue weighted by Crippen LogP contribution is -2.39. The highest BCUT2D eigenvalue weighted by molar-refractivity contribution is 5.41. The van der Waals surface area contributed by atoms with Gasteiger partial charge in [0.2, 0.25) is 0 Å². The van der Waals surface area contributed by atoms with Crippen LogP contribution in [0.15, 0.2) is 52.0 Å². The average Bonchev–Trinajstić information content (AvgIpc) is 3.20. The summed E-state index contributed by atoms with van der Waals surface area (Å²) in [6.07, 6.45) is 7.29. The Morgan fingerprint density at radius 2 is 2.07 bits per heavy atom. The van der Waals surface area contributed by atoms with Crippen LogP contribution >= 0.6 is 0 Å². The molecule has 0 radical (unpaired) electrons. The zero-order chi connectivity index (χ0) is 18.6. The smallest absolute Gasteiger partial charge is 0.258 e. The molecule has 3 aromatic rings. The van der Waals surface area contributed by atoms with Crippen molar-refractivity contribution in [3.63, 3.8) is 0 Å². The Balaban J connectivity index is 1.47. The van der Waals surface area contributed by atoms with Crippen LogP contribution in [0.1, 0.15) is 42.3 Å². The van der Waals surface area contributed by atoms with Gasteiger partial charge < -0.3 is 9.73 Å². The van der Waals surface area contributed by atoms with E-state index in [-0.39, 0.29) is 11.6 Å². The molecule has 0 saturated carbocycles. The Hall–Kier alpha value is -2.44. The Kier molecular flexibility index (Phi) is 5.36. The standard InChI is InChI=1S/C21H26N4O2/c1-16-7-10-25-20(12-16)23-17(13-21(25)26)14-22-15-18(19-6-5-11-27-19)24-8-3-2-4-9-24/h5-7,10-13,18,22H,2-4,8-9,14-15H2,1H3. The van der Waals surface area contributed by atoms with Crippen molar-refractivity contribution in [1.29, 1.82) is 0 Å². The molecule has 0 amide bonds. The van der Waals surface area contributed by atoms with E-state index in [0.717, 1.165) is 36.7 Å². The summed E-state index contributed by atoms with van der Waals surface area (Å²) in [6, 6.07) is 9.66. The quantitative estimate of drug-likeness (QED) is 0.727. The van der Waals surface area contributed by atoms with Crippen LogP contribution in [-0.4, -0.2) is 33.9 Å². The first-order valence-corrected chi connectivity index (χ1v) is 9.68. The Morgan fingerprint density at radius 3 is 2.85 bits per heavy atom. The van der Waals surface area contributed by atoms with Gasteiger partial charge in [-0.3, -0.25) is 14.1 Å². The third-order valence-electron chi connectivity index (χ3n) is 5.22. The minimum atomic E-state index is -0.0459. The summed E-state index contributed by atoms with van der Waals surface area (Å²) in [7, 11) is 0. The van der Waals surface area contributed by atoms with Crippen LogP contribution in [0.2, 0.25) is 0 Å². The molecule has 0 aromatic carbocycles. The number of likely N-dealkylation sites (tertiary alicyclic amines) is 1. The second-order valence-corrected chi connectivity index (χ2v) is 7.28. The number of pyridine rings is 1. The van der Waals surface area contributed by atoms with Crippen molar-refractivity contribution in [3.05, 3.63) is 70.2 Å². The second-order valence-electron chi connectivity index (χ2n) is 7.28. The van der Waals surface area contributed by atoms with Gasteiger partial charge in [-0.15, -0.1) is 0 Å². The van der Waals surface area contributed by atoms with Crippen molar-refractivity contribution in [3.8, 4) is 0 Å². The van der Waals surface area contributed by atoms with Gasteiger partial charge in [-0.2, -0.15) is 0 Å². The van der Waals surface area contributed by atoms with E-state index >= 15 is 0 Å². The van der Waals surface area contributed by atoms with Gasteiger partial charge in [0.05, 0.1) is 18.0 Å². The summed E-state index contributed by atoms with van der Waals surface area (Å²) < 4.78 is 7.27. The van der Waals surface area contributed by atoms with Gasteiger partial charge in [-0.05, 0) is 62.7 Å². The predicted octanol–water partition coefficient (Wildman–Crippen LogP) is 2.91. The molecule has 142 valence electrons. The molecule has 1 unspecified atom stereocenters. The fourth-order valence-electron chi connectivity index (χ4n) is 3.80. The number of aromatic nitrogens is 2. The lowest BCUT2D eigenvalue weighted by molar-refractivity contribution is 0.142. The monoisotopic (exact) mass is 366 g/mol. The molecule has 1 aliphatic heterocycles. The van der Waals surface area contributed by atoms with Crippen LogP contribution in [0.4, 0.5) is 0 Å². The van der Waals surface area contributed by atoms with Gasteiger partial charge in [0.25, 0.3) is 5.56 Å². The fraction of sp³-hybridized carbons (Fsp3) is 0.429. The summed E-state index contributed by atoms with van der Waals surface area (Å²) in [4.78, 5) is 19.4. The third-order valence-corrected chi connectivity index (χ3v) is 5.22. The summed E-state index contributed by atoms with van der Waals surface area (Å²) >= 11 is 0. The Morgan fingerprint density at radius 1 is 1.22 bits per heavy atom. The maximum absolute atomic E-state index is 12.3. The minimum Gasteiger partial charge on any atom is -0.468 e. The summed E-state index contributed by atoms with van der Waals surface area (Å²) in [5.74, 6) is 0.992. The average molecular weight is 366 g/mol. The molecular weight excluding hydrogens is 340 g/mol. The lowest BCUT2D eigenvalue weighted by atomic mass is 10.1. The molecular formula is C21H26N4O2. The van der Waals surface area contributed by atoms with Crippen molar-refractivity contribution in [1.82, 2.24) is 19.6 Å². The number of aryl methyl sites for hydroxylation is 1. The molecule has 27 heavy (non-hydrogen) atoms. The molecule has 0 bridgehead atoms. The number of furan rings is 1. The van der Waals surface area contributed by atoms with Crippen LogP contribution in [-0.2, 0) is 6.54 Å². The van der Waals surface area contributed by atoms with E-state index in [1.54, 1.807) is 22.9 Å². The van der Waals surface area contributed by atoms with Crippen molar-refractivity contribution in [2.75, 3.05) is 19.6 Å². The summed E-state index contributed by atoms with van der Waals surface area (Å²) in [5, 5.41) is 3.48. The number of hydrogen-bond acceptors (Lipinski definition) is 5. The normalized spacial score (nSPS) is 16.6. The van der Waals surface area contributed by atoms with E-state index in [9.17, 15) is 4.79 Å². The molecule has 1 fully saturated rings. The second kappa shape index (κ2) is 8.06. The van der Waals surface area contributed by atoms with Crippen molar-refractivity contribution < 1.29 is 4.42 Å². The Bertz CT molecular complexity index is 942. The first kappa shape index (κ1) is 17.9. The molecule has 0 spiro atoms. The highest BCUT2D eigenvalue weighted by Crippen LogP contribution is 2.24. The lowest BCUT2D eigenvalue weighted by Gasteiger charge is -2.33. The number of hydrogen-bond donors (Lipinski definition) is 1. The maximum Gasteiger partial charge on any atom is 0.258 e. The van der Waals surface area contributed by atoms with Gasteiger partial charge in [-0.25, -0.2) is 4.98 Å². The molecule has 3 aromatic heterocycles. The zero-order valence-corrected chi connectivity index (χ0v) is 15.7. The Labute approximate surface area is 158 Å². The minimum absolute atomic E-state index is 0.0459. The summed E-state index contributed by atoms with van der Waals surface area (Å²) in [5.41, 5.74) is 2.51. The van der Waals surface area contributed by atoms with Crippen LogP contribution in [0.5, 0.6) is 0 Å². The van der Waals surface area contributed by atoms with Gasteiger partial charge in [0.1, 0.15) is 11.4 Å². The number of fused-ring (bicyclic) bond motifs is 1. The molecule has 6 heteroatoms. The highest BCUT2D eigenvalue weighted by Gasteiger charge is 2.24. The summed E-state index contributed by atoms with van der Waals surface area (Å²) in [6.45, 7) is 5.53. The van der Waals surface area contributed by atoms with Crippen molar-refractivity contribution in [2.24, 2.45) is 0 Å². The number of rotatable bonds is 6. The molecule has 0 aliphatic carbocycles.